The van der Waals surface area contributed by atoms with Gasteiger partial charge >= 0.3 is 0 Å². The fraction of sp³-hybridized carbons (Fsp3) is 0.325. The maximum absolute atomic E-state index is 15.7. The zero-order valence-corrected chi connectivity index (χ0v) is 31.1. The van der Waals surface area contributed by atoms with Crippen LogP contribution in [0.3, 0.4) is 0 Å². The lowest BCUT2D eigenvalue weighted by atomic mass is 10.00. The molecule has 0 saturated heterocycles. The van der Waals surface area contributed by atoms with Crippen LogP contribution in [-0.2, 0) is 22.6 Å². The maximum atomic E-state index is 15.7. The smallest absolute Gasteiger partial charge is 0.289 e. The molecule has 0 amide bonds. The second kappa shape index (κ2) is 16.0. The lowest BCUT2D eigenvalue weighted by Crippen LogP contribution is -2.29. The molecular formula is C40H43F2N5O4Si. The zero-order valence-electron chi connectivity index (χ0n) is 30.1. The molecular weight excluding hydrogens is 681 g/mol. The topological polar surface area (TPSA) is 103 Å². The lowest BCUT2D eigenvalue weighted by molar-refractivity contribution is 0.0899. The van der Waals surface area contributed by atoms with Crippen molar-refractivity contribution in [2.24, 2.45) is 10.9 Å². The Kier molecular flexibility index (Phi) is 11.2. The van der Waals surface area contributed by atoms with Crippen molar-refractivity contribution in [3.8, 4) is 34.4 Å². The number of nitrogens with zero attached hydrogens (tertiary/aromatic N) is 4. The number of hydrogen-bond acceptors (Lipinski definition) is 8. The molecule has 2 aromatic heterocycles. The Morgan fingerprint density at radius 3 is 2.48 bits per heavy atom. The van der Waals surface area contributed by atoms with Crippen LogP contribution in [0.4, 0.5) is 14.5 Å². The number of pyridine rings is 1. The van der Waals surface area contributed by atoms with E-state index in [-0.39, 0.29) is 36.2 Å². The minimum Gasteiger partial charge on any atom is -0.490 e. The van der Waals surface area contributed by atoms with Gasteiger partial charge in [0.05, 0.1) is 30.2 Å². The summed E-state index contributed by atoms with van der Waals surface area (Å²) >= 11 is 0. The molecule has 1 aliphatic heterocycles. The average Bonchev–Trinajstić information content (AvgIpc) is 3.48. The van der Waals surface area contributed by atoms with Crippen molar-refractivity contribution in [3.05, 3.63) is 102 Å². The van der Waals surface area contributed by atoms with Gasteiger partial charge in [0.15, 0.2) is 17.4 Å². The molecule has 1 N–H and O–H groups in total. The molecule has 270 valence electrons. The molecule has 3 heterocycles. The molecule has 0 saturated carbocycles. The van der Waals surface area contributed by atoms with Crippen LogP contribution < -0.4 is 14.8 Å². The number of nitrogens with one attached hydrogen (secondary N) is 1. The Morgan fingerprint density at radius 1 is 1.04 bits per heavy atom. The van der Waals surface area contributed by atoms with E-state index in [1.54, 1.807) is 18.2 Å². The first-order chi connectivity index (χ1) is 25.0. The third-order valence-electron chi connectivity index (χ3n) is 8.50. The highest BCUT2D eigenvalue weighted by Gasteiger charge is 2.23. The summed E-state index contributed by atoms with van der Waals surface area (Å²) in [4.78, 5) is 9.07. The van der Waals surface area contributed by atoms with E-state index in [2.05, 4.69) is 53.1 Å². The van der Waals surface area contributed by atoms with Gasteiger partial charge in [-0.3, -0.25) is 0 Å². The van der Waals surface area contributed by atoms with Gasteiger partial charge in [0.2, 0.25) is 0 Å². The average molecular weight is 724 g/mol. The normalized spacial score (nSPS) is 14.5. The monoisotopic (exact) mass is 723 g/mol. The Bertz CT molecular complexity index is 2080. The molecule has 0 spiro atoms. The summed E-state index contributed by atoms with van der Waals surface area (Å²) in [5, 5.41) is 13.3. The number of nitriles is 1. The van der Waals surface area contributed by atoms with Gasteiger partial charge in [-0.2, -0.15) is 5.26 Å². The third kappa shape index (κ3) is 8.96. The first kappa shape index (κ1) is 36.5. The number of fused-ring (bicyclic) bond motifs is 1. The first-order valence-corrected chi connectivity index (χ1v) is 21.1. The predicted octanol–water partition coefficient (Wildman–Crippen LogP) is 9.40. The van der Waals surface area contributed by atoms with Gasteiger partial charge in [0, 0.05) is 56.4 Å². The van der Waals surface area contributed by atoms with Crippen molar-refractivity contribution in [1.82, 2.24) is 9.55 Å². The molecule has 0 aliphatic carbocycles. The van der Waals surface area contributed by atoms with Gasteiger partial charge in [-0.25, -0.2) is 18.8 Å². The number of aromatic nitrogens is 2. The summed E-state index contributed by atoms with van der Waals surface area (Å²) in [5.74, 6) is -1.56. The quantitative estimate of drug-likeness (QED) is 0.0954. The van der Waals surface area contributed by atoms with Crippen LogP contribution in [0.1, 0.15) is 25.0 Å². The van der Waals surface area contributed by atoms with Gasteiger partial charge in [-0.15, -0.1) is 0 Å². The predicted molar refractivity (Wildman–Crippen MR) is 202 cm³/mol. The second-order valence-electron chi connectivity index (χ2n) is 14.4. The molecule has 0 bridgehead atoms. The Morgan fingerprint density at radius 2 is 1.81 bits per heavy atom. The van der Waals surface area contributed by atoms with Crippen LogP contribution in [0, 0.1) is 28.9 Å². The molecule has 0 fully saturated rings. The molecule has 0 radical (unpaired) electrons. The molecule has 0 unspecified atom stereocenters. The van der Waals surface area contributed by atoms with Crippen LogP contribution in [-0.4, -0.2) is 49.5 Å². The highest BCUT2D eigenvalue weighted by Crippen LogP contribution is 2.41. The van der Waals surface area contributed by atoms with E-state index in [0.717, 1.165) is 24.6 Å². The lowest BCUT2D eigenvalue weighted by Gasteiger charge is -2.23. The maximum Gasteiger partial charge on any atom is 0.289 e. The summed E-state index contributed by atoms with van der Waals surface area (Å²) in [6.45, 7) is 12.4. The van der Waals surface area contributed by atoms with Crippen LogP contribution in [0.2, 0.25) is 25.7 Å². The first-order valence-electron chi connectivity index (χ1n) is 17.4. The molecule has 3 aromatic carbocycles. The summed E-state index contributed by atoms with van der Waals surface area (Å²) in [6, 6.07) is 22.7. The fourth-order valence-electron chi connectivity index (χ4n) is 5.89. The number of halogens is 2. The molecule has 52 heavy (non-hydrogen) atoms. The Hall–Kier alpha value is -5.25. The number of benzene rings is 3. The molecule has 5 aromatic rings. The van der Waals surface area contributed by atoms with E-state index in [0.29, 0.717) is 53.2 Å². The van der Waals surface area contributed by atoms with Crippen LogP contribution in [0.25, 0.3) is 22.2 Å². The van der Waals surface area contributed by atoms with Gasteiger partial charge in [0.1, 0.15) is 29.9 Å². The number of rotatable bonds is 13. The highest BCUT2D eigenvalue weighted by atomic mass is 28.3. The van der Waals surface area contributed by atoms with Gasteiger partial charge in [0.25, 0.3) is 6.02 Å². The second-order valence-corrected chi connectivity index (χ2v) is 20.0. The summed E-state index contributed by atoms with van der Waals surface area (Å²) in [7, 11) is -1.32. The minimum absolute atomic E-state index is 0.121. The van der Waals surface area contributed by atoms with Crippen molar-refractivity contribution in [1.29, 1.82) is 5.26 Å². The van der Waals surface area contributed by atoms with Crippen molar-refractivity contribution < 1.29 is 27.7 Å². The molecule has 1 atom stereocenters. The number of ether oxygens (including phenoxy) is 4. The van der Waals surface area contributed by atoms with Gasteiger partial charge in [-0.1, -0.05) is 56.0 Å². The van der Waals surface area contributed by atoms with Crippen molar-refractivity contribution in [2.45, 2.75) is 58.8 Å². The van der Waals surface area contributed by atoms with E-state index in [1.807, 2.05) is 48.9 Å². The van der Waals surface area contributed by atoms with E-state index in [4.69, 9.17) is 18.9 Å². The number of amidine groups is 1. The number of anilines is 1. The summed E-state index contributed by atoms with van der Waals surface area (Å²) in [6.07, 6.45) is 4.08. The third-order valence-corrected chi connectivity index (χ3v) is 10.2. The van der Waals surface area contributed by atoms with Gasteiger partial charge in [-0.05, 0) is 55.6 Å². The van der Waals surface area contributed by atoms with Crippen molar-refractivity contribution in [3.63, 3.8) is 0 Å². The zero-order chi connectivity index (χ0) is 36.8. The molecule has 1 aliphatic rings. The van der Waals surface area contributed by atoms with Gasteiger partial charge < -0.3 is 28.8 Å². The van der Waals surface area contributed by atoms with Crippen LogP contribution in [0.5, 0.6) is 17.2 Å². The molecule has 6 rings (SSSR count). The SMILES string of the molecule is CC(C)Oc1ccc(-c2cn(COCC[Si](C)(C)C)c3nccc(Oc4c(F)cc(NC5=NC[C@@H](Cc6ccccc6)CO5)cc4F)c23)cc1C#N. The van der Waals surface area contributed by atoms with Crippen molar-refractivity contribution in [2.75, 3.05) is 25.1 Å². The van der Waals surface area contributed by atoms with Crippen LogP contribution in [0.15, 0.2) is 84.1 Å². The largest absolute Gasteiger partial charge is 0.490 e. The summed E-state index contributed by atoms with van der Waals surface area (Å²) in [5.41, 5.74) is 3.51. The minimum atomic E-state index is -1.32. The fourth-order valence-corrected chi connectivity index (χ4v) is 6.64. The Labute approximate surface area is 303 Å². The standard InChI is InChI=1S/C40H43F2N5O4Si/c1-26(2)50-35-12-11-29(18-30(35)21-43)32-23-47(25-48-15-16-52(3,4)5)39-37(32)36(13-14-44-39)51-38-33(41)19-31(20-34(38)42)46-40-45-22-28(24-49-40)17-27-9-7-6-8-10-27/h6-14,18-20,23,26,28H,15-17,22,24-25H2,1-5H3,(H,45,46)/t28-/m1/s1. The van der Waals surface area contributed by atoms with Crippen LogP contribution >= 0.6 is 0 Å². The van der Waals surface area contributed by atoms with E-state index < -0.39 is 25.5 Å². The van der Waals surface area contributed by atoms with Crippen molar-refractivity contribution >= 4 is 30.8 Å². The highest BCUT2D eigenvalue weighted by molar-refractivity contribution is 6.76. The number of hydrogen-bond donors (Lipinski definition) is 1. The van der Waals surface area contributed by atoms with E-state index in [1.165, 1.54) is 11.8 Å². The van der Waals surface area contributed by atoms with E-state index >= 15 is 8.78 Å². The molecule has 9 nitrogen and oxygen atoms in total. The molecule has 12 heteroatoms. The summed E-state index contributed by atoms with van der Waals surface area (Å²) < 4.78 is 56.9. The van der Waals surface area contributed by atoms with E-state index in [9.17, 15) is 5.26 Å². The Balaban J connectivity index is 1.28. The number of aliphatic imine (C=N–C) groups is 1.